The molecule has 0 saturated carbocycles. The van der Waals surface area contributed by atoms with Gasteiger partial charge in [-0.1, -0.05) is 6.92 Å². The highest BCUT2D eigenvalue weighted by molar-refractivity contribution is 7.89. The van der Waals surface area contributed by atoms with Gasteiger partial charge in [-0.25, -0.2) is 8.42 Å². The first-order valence-corrected chi connectivity index (χ1v) is 8.54. The van der Waals surface area contributed by atoms with Crippen molar-refractivity contribution in [1.29, 1.82) is 0 Å². The standard InChI is InChI=1S/C14H20N2O3S/c1-2-12-10-16(7-8-19-12)20(17,18)13-3-4-14-11(9-13)5-6-15-14/h3-4,9,12,15H,2,5-8,10H2,1H3. The summed E-state index contributed by atoms with van der Waals surface area (Å²) in [5.41, 5.74) is 2.14. The Bertz CT molecular complexity index is 600. The average Bonchev–Trinajstić information content (AvgIpc) is 2.94. The predicted molar refractivity (Wildman–Crippen MR) is 77.4 cm³/mol. The van der Waals surface area contributed by atoms with E-state index >= 15 is 0 Å². The number of rotatable bonds is 3. The van der Waals surface area contributed by atoms with E-state index < -0.39 is 10.0 Å². The topological polar surface area (TPSA) is 58.6 Å². The van der Waals surface area contributed by atoms with Gasteiger partial charge in [-0.3, -0.25) is 0 Å². The van der Waals surface area contributed by atoms with Crippen molar-refractivity contribution >= 4 is 15.7 Å². The normalized spacial score (nSPS) is 23.4. The quantitative estimate of drug-likeness (QED) is 0.917. The third-order valence-corrected chi connectivity index (χ3v) is 5.84. The molecule has 2 aliphatic rings. The third kappa shape index (κ3) is 2.43. The molecule has 3 rings (SSSR count). The molecule has 110 valence electrons. The highest BCUT2D eigenvalue weighted by Gasteiger charge is 2.30. The summed E-state index contributed by atoms with van der Waals surface area (Å²) in [6, 6.07) is 5.37. The second-order valence-corrected chi connectivity index (χ2v) is 7.20. The molecular formula is C14H20N2O3S. The molecule has 1 aromatic rings. The zero-order chi connectivity index (χ0) is 14.2. The summed E-state index contributed by atoms with van der Waals surface area (Å²) >= 11 is 0. The number of hydrogen-bond donors (Lipinski definition) is 1. The first kappa shape index (κ1) is 13.9. The number of sulfonamides is 1. The summed E-state index contributed by atoms with van der Waals surface area (Å²) in [6.45, 7) is 4.27. The largest absolute Gasteiger partial charge is 0.384 e. The average molecular weight is 296 g/mol. The Morgan fingerprint density at radius 2 is 2.30 bits per heavy atom. The number of nitrogens with one attached hydrogen (secondary N) is 1. The van der Waals surface area contributed by atoms with Crippen LogP contribution < -0.4 is 5.32 Å². The number of benzene rings is 1. The molecule has 0 aliphatic carbocycles. The lowest BCUT2D eigenvalue weighted by Gasteiger charge is -2.31. The Kier molecular flexibility index (Phi) is 3.70. The zero-order valence-corrected chi connectivity index (χ0v) is 12.4. The Labute approximate surface area is 120 Å². The van der Waals surface area contributed by atoms with Crippen LogP contribution in [0.3, 0.4) is 0 Å². The third-order valence-electron chi connectivity index (χ3n) is 3.98. The molecule has 1 aromatic carbocycles. The first-order valence-electron chi connectivity index (χ1n) is 7.10. The van der Waals surface area contributed by atoms with Crippen molar-refractivity contribution in [3.05, 3.63) is 23.8 Å². The Hall–Kier alpha value is -1.11. The minimum absolute atomic E-state index is 0.00891. The highest BCUT2D eigenvalue weighted by atomic mass is 32.2. The molecular weight excluding hydrogens is 276 g/mol. The fraction of sp³-hybridized carbons (Fsp3) is 0.571. The van der Waals surface area contributed by atoms with E-state index in [2.05, 4.69) is 5.32 Å². The smallest absolute Gasteiger partial charge is 0.243 e. The van der Waals surface area contributed by atoms with Crippen LogP contribution in [-0.4, -0.2) is 45.1 Å². The Morgan fingerprint density at radius 1 is 1.45 bits per heavy atom. The van der Waals surface area contributed by atoms with Crippen LogP contribution in [0.2, 0.25) is 0 Å². The maximum absolute atomic E-state index is 12.7. The summed E-state index contributed by atoms with van der Waals surface area (Å²) in [6.07, 6.45) is 1.73. The molecule has 1 atom stereocenters. The molecule has 1 N–H and O–H groups in total. The van der Waals surface area contributed by atoms with Crippen LogP contribution in [0.4, 0.5) is 5.69 Å². The van der Waals surface area contributed by atoms with Gasteiger partial charge >= 0.3 is 0 Å². The molecule has 0 bridgehead atoms. The maximum Gasteiger partial charge on any atom is 0.243 e. The van der Waals surface area contributed by atoms with Crippen molar-refractivity contribution < 1.29 is 13.2 Å². The van der Waals surface area contributed by atoms with Gasteiger partial charge in [0.25, 0.3) is 0 Å². The highest BCUT2D eigenvalue weighted by Crippen LogP contribution is 2.27. The number of fused-ring (bicyclic) bond motifs is 1. The fourth-order valence-corrected chi connectivity index (χ4v) is 4.26. The molecule has 0 radical (unpaired) electrons. The maximum atomic E-state index is 12.7. The molecule has 1 fully saturated rings. The molecule has 0 aromatic heterocycles. The Balaban J connectivity index is 1.87. The second-order valence-electron chi connectivity index (χ2n) is 5.26. The van der Waals surface area contributed by atoms with E-state index in [1.807, 2.05) is 13.0 Å². The van der Waals surface area contributed by atoms with Gasteiger partial charge < -0.3 is 10.1 Å². The van der Waals surface area contributed by atoms with Crippen LogP contribution in [0.25, 0.3) is 0 Å². The number of nitrogens with zero attached hydrogens (tertiary/aromatic N) is 1. The van der Waals surface area contributed by atoms with E-state index in [-0.39, 0.29) is 6.10 Å². The van der Waals surface area contributed by atoms with Crippen LogP contribution in [0.1, 0.15) is 18.9 Å². The van der Waals surface area contributed by atoms with Gasteiger partial charge in [-0.05, 0) is 36.6 Å². The molecule has 2 aliphatic heterocycles. The van der Waals surface area contributed by atoms with Crippen molar-refractivity contribution in [2.24, 2.45) is 0 Å². The predicted octanol–water partition coefficient (Wildman–Crippen LogP) is 1.45. The number of ether oxygens (including phenoxy) is 1. The van der Waals surface area contributed by atoms with E-state index in [0.717, 1.165) is 30.6 Å². The van der Waals surface area contributed by atoms with Crippen LogP contribution in [0.5, 0.6) is 0 Å². The minimum atomic E-state index is -3.40. The molecule has 0 amide bonds. The molecule has 0 spiro atoms. The molecule has 1 unspecified atom stereocenters. The van der Waals surface area contributed by atoms with Crippen molar-refractivity contribution in [1.82, 2.24) is 4.31 Å². The van der Waals surface area contributed by atoms with Crippen molar-refractivity contribution in [3.63, 3.8) is 0 Å². The van der Waals surface area contributed by atoms with E-state index in [1.54, 1.807) is 16.4 Å². The molecule has 20 heavy (non-hydrogen) atoms. The van der Waals surface area contributed by atoms with Gasteiger partial charge in [0, 0.05) is 25.3 Å². The van der Waals surface area contributed by atoms with E-state index in [0.29, 0.717) is 24.6 Å². The summed E-state index contributed by atoms with van der Waals surface area (Å²) in [5.74, 6) is 0. The monoisotopic (exact) mass is 296 g/mol. The fourth-order valence-electron chi connectivity index (χ4n) is 2.75. The van der Waals surface area contributed by atoms with Crippen LogP contribution in [0.15, 0.2) is 23.1 Å². The molecule has 5 nitrogen and oxygen atoms in total. The van der Waals surface area contributed by atoms with Crippen LogP contribution >= 0.6 is 0 Å². The molecule has 2 heterocycles. The van der Waals surface area contributed by atoms with Crippen LogP contribution in [0, 0.1) is 0 Å². The van der Waals surface area contributed by atoms with Crippen LogP contribution in [-0.2, 0) is 21.2 Å². The number of hydrogen-bond acceptors (Lipinski definition) is 4. The minimum Gasteiger partial charge on any atom is -0.384 e. The van der Waals surface area contributed by atoms with E-state index in [1.165, 1.54) is 0 Å². The second kappa shape index (κ2) is 5.35. The summed E-state index contributed by atoms with van der Waals surface area (Å²) in [5, 5.41) is 3.25. The van der Waals surface area contributed by atoms with Gasteiger partial charge in [0.1, 0.15) is 0 Å². The summed E-state index contributed by atoms with van der Waals surface area (Å²) in [4.78, 5) is 0.400. The van der Waals surface area contributed by atoms with Crippen molar-refractivity contribution in [2.45, 2.75) is 30.8 Å². The summed E-state index contributed by atoms with van der Waals surface area (Å²) in [7, 11) is -3.40. The SMILES string of the molecule is CCC1CN(S(=O)(=O)c2ccc3c(c2)CCN3)CCO1. The molecule has 6 heteroatoms. The van der Waals surface area contributed by atoms with Gasteiger partial charge in [0.05, 0.1) is 17.6 Å². The molecule has 1 saturated heterocycles. The lowest BCUT2D eigenvalue weighted by atomic mass is 10.2. The van der Waals surface area contributed by atoms with Gasteiger partial charge in [0.2, 0.25) is 10.0 Å². The van der Waals surface area contributed by atoms with Gasteiger partial charge in [-0.15, -0.1) is 0 Å². The first-order chi connectivity index (χ1) is 9.61. The summed E-state index contributed by atoms with van der Waals surface area (Å²) < 4.78 is 32.5. The number of morpholine rings is 1. The lowest BCUT2D eigenvalue weighted by molar-refractivity contribution is -0.00277. The van der Waals surface area contributed by atoms with E-state index in [4.69, 9.17) is 4.74 Å². The van der Waals surface area contributed by atoms with Crippen molar-refractivity contribution in [2.75, 3.05) is 31.6 Å². The van der Waals surface area contributed by atoms with Crippen molar-refractivity contribution in [3.8, 4) is 0 Å². The lowest BCUT2D eigenvalue weighted by Crippen LogP contribution is -2.45. The van der Waals surface area contributed by atoms with Gasteiger partial charge in [0.15, 0.2) is 0 Å². The number of anilines is 1. The Morgan fingerprint density at radius 3 is 3.10 bits per heavy atom. The van der Waals surface area contributed by atoms with E-state index in [9.17, 15) is 8.42 Å². The van der Waals surface area contributed by atoms with Gasteiger partial charge in [-0.2, -0.15) is 4.31 Å². The zero-order valence-electron chi connectivity index (χ0n) is 11.6.